The molecule has 0 saturated heterocycles. The average Bonchev–Trinajstić information content (AvgIpc) is 2.00. The van der Waals surface area contributed by atoms with E-state index < -0.39 is 0 Å². The fraction of sp³-hybridized carbons (Fsp3) is 0.286. The van der Waals surface area contributed by atoms with E-state index in [1.54, 1.807) is 18.3 Å². The van der Waals surface area contributed by atoms with Crippen LogP contribution in [0.5, 0.6) is 0 Å². The van der Waals surface area contributed by atoms with Crippen LogP contribution in [0.25, 0.3) is 0 Å². The van der Waals surface area contributed by atoms with Gasteiger partial charge in [0.25, 0.3) is 0 Å². The van der Waals surface area contributed by atoms with Crippen molar-refractivity contribution >= 4 is 11.5 Å². The van der Waals surface area contributed by atoms with Crippen molar-refractivity contribution < 1.29 is 0 Å². The van der Waals surface area contributed by atoms with Crippen molar-refractivity contribution in [1.29, 1.82) is 0 Å². The third-order valence-corrected chi connectivity index (χ3v) is 0.871. The fourth-order valence-corrected chi connectivity index (χ4v) is 0.430. The maximum Gasteiger partial charge on any atom is 0.146 e. The van der Waals surface area contributed by atoms with Crippen LogP contribution < -0.4 is 11.5 Å². The highest BCUT2D eigenvalue weighted by Gasteiger charge is 1.87. The van der Waals surface area contributed by atoms with Crippen molar-refractivity contribution in [3.8, 4) is 0 Å². The summed E-state index contributed by atoms with van der Waals surface area (Å²) >= 11 is 0. The molecular weight excluding hydrogens is 126 g/mol. The van der Waals surface area contributed by atoms with E-state index in [0.29, 0.717) is 11.5 Å². The summed E-state index contributed by atoms with van der Waals surface area (Å²) in [6.45, 7) is 4.00. The fourth-order valence-electron chi connectivity index (χ4n) is 0.430. The summed E-state index contributed by atoms with van der Waals surface area (Å²) in [5.74, 6) is 0.396. The van der Waals surface area contributed by atoms with Gasteiger partial charge in [0.15, 0.2) is 0 Å². The summed E-state index contributed by atoms with van der Waals surface area (Å²) in [7, 11) is 0. The number of nitrogen functional groups attached to an aromatic ring is 2. The summed E-state index contributed by atoms with van der Waals surface area (Å²) in [5.41, 5.74) is 11.2. The van der Waals surface area contributed by atoms with Crippen LogP contribution in [-0.2, 0) is 0 Å². The lowest BCUT2D eigenvalue weighted by atomic mass is 10.4. The Labute approximate surface area is 61.1 Å². The van der Waals surface area contributed by atoms with Crippen molar-refractivity contribution in [2.75, 3.05) is 11.5 Å². The number of nitrogens with two attached hydrogens (primary N) is 2. The minimum atomic E-state index is 0.396. The molecule has 1 aromatic rings. The minimum absolute atomic E-state index is 0.396. The van der Waals surface area contributed by atoms with E-state index in [-0.39, 0.29) is 0 Å². The van der Waals surface area contributed by atoms with Gasteiger partial charge >= 0.3 is 0 Å². The molecule has 0 amide bonds. The quantitative estimate of drug-likeness (QED) is 0.569. The first-order valence-electron chi connectivity index (χ1n) is 3.26. The Morgan fingerprint density at radius 1 is 1.30 bits per heavy atom. The predicted octanol–water partition coefficient (Wildman–Crippen LogP) is 1.27. The summed E-state index contributed by atoms with van der Waals surface area (Å²) in [6, 6.07) is 3.45. The Morgan fingerprint density at radius 2 is 1.90 bits per heavy atom. The second-order valence-electron chi connectivity index (χ2n) is 1.48. The van der Waals surface area contributed by atoms with Gasteiger partial charge in [-0.2, -0.15) is 0 Å². The van der Waals surface area contributed by atoms with Crippen LogP contribution in [0.15, 0.2) is 18.3 Å². The molecule has 0 spiro atoms. The zero-order chi connectivity index (χ0) is 7.98. The smallest absolute Gasteiger partial charge is 0.146 e. The van der Waals surface area contributed by atoms with E-state index in [9.17, 15) is 0 Å². The molecule has 0 aliphatic rings. The van der Waals surface area contributed by atoms with Crippen LogP contribution in [0.1, 0.15) is 13.8 Å². The molecule has 0 aliphatic carbocycles. The number of rotatable bonds is 0. The second-order valence-corrected chi connectivity index (χ2v) is 1.48. The molecule has 0 unspecified atom stereocenters. The highest BCUT2D eigenvalue weighted by Crippen LogP contribution is 2.06. The Kier molecular flexibility index (Phi) is 4.04. The van der Waals surface area contributed by atoms with E-state index in [1.807, 2.05) is 13.8 Å². The van der Waals surface area contributed by atoms with Gasteiger partial charge in [0, 0.05) is 6.20 Å². The number of anilines is 2. The molecule has 3 nitrogen and oxygen atoms in total. The molecule has 10 heavy (non-hydrogen) atoms. The van der Waals surface area contributed by atoms with E-state index in [2.05, 4.69) is 4.98 Å². The Hall–Kier alpha value is -1.25. The Balaban J connectivity index is 0.000000371. The van der Waals surface area contributed by atoms with E-state index in [4.69, 9.17) is 11.5 Å². The van der Waals surface area contributed by atoms with Crippen molar-refractivity contribution in [2.45, 2.75) is 13.8 Å². The largest absolute Gasteiger partial charge is 0.396 e. The Morgan fingerprint density at radius 3 is 2.20 bits per heavy atom. The summed E-state index contributed by atoms with van der Waals surface area (Å²) in [5, 5.41) is 0. The molecule has 0 saturated carbocycles. The molecular formula is C7H13N3. The monoisotopic (exact) mass is 139 g/mol. The molecule has 1 aromatic heterocycles. The van der Waals surface area contributed by atoms with E-state index >= 15 is 0 Å². The molecule has 56 valence electrons. The van der Waals surface area contributed by atoms with Crippen molar-refractivity contribution in [3.63, 3.8) is 0 Å². The van der Waals surface area contributed by atoms with Gasteiger partial charge in [-0.05, 0) is 12.1 Å². The maximum absolute atomic E-state index is 5.33. The van der Waals surface area contributed by atoms with Crippen LogP contribution in [0, 0.1) is 0 Å². The van der Waals surface area contributed by atoms with Gasteiger partial charge < -0.3 is 11.5 Å². The first-order chi connectivity index (χ1) is 4.80. The van der Waals surface area contributed by atoms with Crippen molar-refractivity contribution in [1.82, 2.24) is 4.98 Å². The van der Waals surface area contributed by atoms with Crippen LogP contribution in [0.4, 0.5) is 11.5 Å². The molecule has 3 heteroatoms. The average molecular weight is 139 g/mol. The standard InChI is InChI=1S/C5H7N3.C2H6/c6-4-2-1-3-8-5(4)7;1-2/h1-3H,6H2,(H2,7,8);1-2H3. The third-order valence-electron chi connectivity index (χ3n) is 0.871. The van der Waals surface area contributed by atoms with Gasteiger partial charge in [-0.3, -0.25) is 0 Å². The third kappa shape index (κ3) is 2.35. The first-order valence-corrected chi connectivity index (χ1v) is 3.26. The second kappa shape index (κ2) is 4.61. The molecule has 0 aliphatic heterocycles. The van der Waals surface area contributed by atoms with Crippen LogP contribution in [0.3, 0.4) is 0 Å². The highest BCUT2D eigenvalue weighted by atomic mass is 14.9. The molecule has 1 rings (SSSR count). The lowest BCUT2D eigenvalue weighted by molar-refractivity contribution is 1.34. The summed E-state index contributed by atoms with van der Waals surface area (Å²) in [6.07, 6.45) is 1.60. The molecule has 0 fully saturated rings. The first kappa shape index (κ1) is 8.75. The number of hydrogen-bond acceptors (Lipinski definition) is 3. The molecule has 0 bridgehead atoms. The van der Waals surface area contributed by atoms with Gasteiger partial charge in [0.1, 0.15) is 5.82 Å². The topological polar surface area (TPSA) is 64.9 Å². The Bertz CT molecular complexity index is 165. The van der Waals surface area contributed by atoms with E-state index in [1.165, 1.54) is 0 Å². The SMILES string of the molecule is CC.Nc1cccnc1N. The molecule has 1 heterocycles. The minimum Gasteiger partial charge on any atom is -0.396 e. The van der Waals surface area contributed by atoms with Crippen molar-refractivity contribution in [2.24, 2.45) is 0 Å². The molecule has 4 N–H and O–H groups in total. The molecule has 0 radical (unpaired) electrons. The van der Waals surface area contributed by atoms with Crippen LogP contribution in [0.2, 0.25) is 0 Å². The molecule has 0 aromatic carbocycles. The maximum atomic E-state index is 5.33. The lowest BCUT2D eigenvalue weighted by Gasteiger charge is -1.92. The number of nitrogens with zero attached hydrogens (tertiary/aromatic N) is 1. The van der Waals surface area contributed by atoms with Crippen molar-refractivity contribution in [3.05, 3.63) is 18.3 Å². The van der Waals surface area contributed by atoms with Crippen LogP contribution in [-0.4, -0.2) is 4.98 Å². The zero-order valence-corrected chi connectivity index (χ0v) is 6.33. The van der Waals surface area contributed by atoms with Gasteiger partial charge in [-0.25, -0.2) is 4.98 Å². The van der Waals surface area contributed by atoms with Gasteiger partial charge in [-0.15, -0.1) is 0 Å². The number of hydrogen-bond donors (Lipinski definition) is 2. The van der Waals surface area contributed by atoms with Gasteiger partial charge in [0.05, 0.1) is 5.69 Å². The molecule has 0 atom stereocenters. The highest BCUT2D eigenvalue weighted by molar-refractivity contribution is 5.56. The van der Waals surface area contributed by atoms with Crippen LogP contribution >= 0.6 is 0 Å². The van der Waals surface area contributed by atoms with Gasteiger partial charge in [-0.1, -0.05) is 13.8 Å². The summed E-state index contributed by atoms with van der Waals surface area (Å²) in [4.78, 5) is 3.73. The van der Waals surface area contributed by atoms with E-state index in [0.717, 1.165) is 0 Å². The predicted molar refractivity (Wildman–Crippen MR) is 44.4 cm³/mol. The number of aromatic nitrogens is 1. The lowest BCUT2D eigenvalue weighted by Crippen LogP contribution is -1.95. The normalized spacial score (nSPS) is 7.80. The van der Waals surface area contributed by atoms with Gasteiger partial charge in [0.2, 0.25) is 0 Å². The summed E-state index contributed by atoms with van der Waals surface area (Å²) < 4.78 is 0. The zero-order valence-electron chi connectivity index (χ0n) is 6.33. The number of pyridine rings is 1.